The Labute approximate surface area is 132 Å². The van der Waals surface area contributed by atoms with Crippen LogP contribution in [0.2, 0.25) is 0 Å². The molecule has 4 heteroatoms. The van der Waals surface area contributed by atoms with Gasteiger partial charge < -0.3 is 14.4 Å². The fourth-order valence-electron chi connectivity index (χ4n) is 4.12. The number of benzene rings is 1. The number of likely N-dealkylation sites (N-methyl/N-ethyl adjacent to an activating group) is 1. The van der Waals surface area contributed by atoms with Gasteiger partial charge >= 0.3 is 0 Å². The molecule has 0 saturated carbocycles. The Hall–Kier alpha value is -1.55. The normalized spacial score (nSPS) is 24.6. The predicted molar refractivity (Wildman–Crippen MR) is 86.2 cm³/mol. The molecule has 0 aromatic heterocycles. The van der Waals surface area contributed by atoms with Crippen molar-refractivity contribution in [3.05, 3.63) is 22.8 Å². The van der Waals surface area contributed by atoms with Crippen molar-refractivity contribution >= 4 is 5.78 Å². The molecule has 1 aliphatic heterocycles. The van der Waals surface area contributed by atoms with Crippen LogP contribution in [0.15, 0.2) is 6.07 Å². The number of piperidine rings is 1. The molecule has 120 valence electrons. The predicted octanol–water partition coefficient (Wildman–Crippen LogP) is 2.89. The van der Waals surface area contributed by atoms with Crippen LogP contribution in [-0.2, 0) is 6.42 Å². The van der Waals surface area contributed by atoms with Gasteiger partial charge in [0, 0.05) is 24.4 Å². The van der Waals surface area contributed by atoms with E-state index in [1.165, 1.54) is 0 Å². The van der Waals surface area contributed by atoms with Crippen LogP contribution in [-0.4, -0.2) is 45.0 Å². The zero-order valence-electron chi connectivity index (χ0n) is 13.9. The minimum Gasteiger partial charge on any atom is -0.496 e. The van der Waals surface area contributed by atoms with Gasteiger partial charge in [-0.05, 0) is 44.0 Å². The lowest BCUT2D eigenvalue weighted by Crippen LogP contribution is -2.40. The van der Waals surface area contributed by atoms with Gasteiger partial charge in [-0.3, -0.25) is 4.79 Å². The summed E-state index contributed by atoms with van der Waals surface area (Å²) in [5.74, 6) is 2.67. The maximum absolute atomic E-state index is 12.7. The molecule has 2 atom stereocenters. The minimum atomic E-state index is 0.231. The Morgan fingerprint density at radius 1 is 1.32 bits per heavy atom. The van der Waals surface area contributed by atoms with Crippen LogP contribution in [0.4, 0.5) is 0 Å². The summed E-state index contributed by atoms with van der Waals surface area (Å²) < 4.78 is 11.2. The molecule has 0 radical (unpaired) electrons. The number of likely N-dealkylation sites (tertiary alicyclic amines) is 1. The van der Waals surface area contributed by atoms with E-state index in [4.69, 9.17) is 9.47 Å². The molecule has 3 rings (SSSR count). The van der Waals surface area contributed by atoms with Crippen LogP contribution in [0.1, 0.15) is 47.2 Å². The highest BCUT2D eigenvalue weighted by atomic mass is 16.5. The van der Waals surface area contributed by atoms with Crippen molar-refractivity contribution in [1.82, 2.24) is 4.90 Å². The number of nitrogens with zero attached hydrogens (tertiary/aromatic N) is 1. The van der Waals surface area contributed by atoms with E-state index in [1.807, 2.05) is 0 Å². The lowest BCUT2D eigenvalue weighted by atomic mass is 9.70. The molecule has 1 aromatic carbocycles. The van der Waals surface area contributed by atoms with E-state index < -0.39 is 0 Å². The van der Waals surface area contributed by atoms with Gasteiger partial charge in [0.2, 0.25) is 0 Å². The molecule has 1 heterocycles. The number of ether oxygens (including phenoxy) is 2. The molecule has 0 unspecified atom stereocenters. The van der Waals surface area contributed by atoms with Crippen molar-refractivity contribution in [2.45, 2.75) is 32.1 Å². The average molecular weight is 303 g/mol. The number of Topliss-reactive ketones (excluding diaryl/α,β-unsaturated/α-hetero) is 1. The smallest absolute Gasteiger partial charge is 0.167 e. The van der Waals surface area contributed by atoms with Crippen molar-refractivity contribution < 1.29 is 14.3 Å². The van der Waals surface area contributed by atoms with Crippen LogP contribution in [0.3, 0.4) is 0 Å². The van der Waals surface area contributed by atoms with Crippen molar-refractivity contribution in [1.29, 1.82) is 0 Å². The highest BCUT2D eigenvalue weighted by molar-refractivity contribution is 6.02. The summed E-state index contributed by atoms with van der Waals surface area (Å²) in [6.07, 6.45) is 2.53. The van der Waals surface area contributed by atoms with Crippen LogP contribution in [0.5, 0.6) is 11.5 Å². The van der Waals surface area contributed by atoms with Crippen molar-refractivity contribution in [3.63, 3.8) is 0 Å². The number of hydrogen-bond donors (Lipinski definition) is 0. The molecule has 1 fully saturated rings. The lowest BCUT2D eigenvalue weighted by molar-refractivity contribution is 0.0882. The maximum Gasteiger partial charge on any atom is 0.167 e. The van der Waals surface area contributed by atoms with Gasteiger partial charge in [0.15, 0.2) is 5.78 Å². The van der Waals surface area contributed by atoms with Crippen LogP contribution >= 0.6 is 0 Å². The van der Waals surface area contributed by atoms with Gasteiger partial charge in [0.05, 0.1) is 19.8 Å². The summed E-state index contributed by atoms with van der Waals surface area (Å²) in [4.78, 5) is 15.1. The number of fused-ring (bicyclic) bond motifs is 3. The summed E-state index contributed by atoms with van der Waals surface area (Å²) >= 11 is 0. The summed E-state index contributed by atoms with van der Waals surface area (Å²) in [5.41, 5.74) is 2.93. The van der Waals surface area contributed by atoms with E-state index in [2.05, 4.69) is 24.9 Å². The van der Waals surface area contributed by atoms with Gasteiger partial charge in [-0.2, -0.15) is 0 Å². The lowest BCUT2D eigenvalue weighted by Gasteiger charge is -2.41. The Kier molecular flexibility index (Phi) is 4.13. The van der Waals surface area contributed by atoms with Gasteiger partial charge in [0.1, 0.15) is 11.5 Å². The number of ketones is 1. The molecule has 0 N–H and O–H groups in total. The van der Waals surface area contributed by atoms with E-state index in [9.17, 15) is 4.79 Å². The van der Waals surface area contributed by atoms with E-state index >= 15 is 0 Å². The topological polar surface area (TPSA) is 38.8 Å². The van der Waals surface area contributed by atoms with Crippen LogP contribution < -0.4 is 9.47 Å². The summed E-state index contributed by atoms with van der Waals surface area (Å²) in [6.45, 7) is 4.14. The zero-order chi connectivity index (χ0) is 15.9. The molecule has 22 heavy (non-hydrogen) atoms. The molecule has 1 saturated heterocycles. The van der Waals surface area contributed by atoms with Gasteiger partial charge in [-0.1, -0.05) is 6.92 Å². The number of methoxy groups -OCH3 is 2. The molecule has 0 bridgehead atoms. The second-order valence-electron chi connectivity index (χ2n) is 6.45. The first-order chi connectivity index (χ1) is 10.6. The highest BCUT2D eigenvalue weighted by Gasteiger charge is 2.40. The van der Waals surface area contributed by atoms with E-state index in [-0.39, 0.29) is 5.78 Å². The number of carbonyl (C=O) groups is 1. The minimum absolute atomic E-state index is 0.231. The fraction of sp³-hybridized carbons (Fsp3) is 0.611. The van der Waals surface area contributed by atoms with Gasteiger partial charge in [-0.15, -0.1) is 0 Å². The molecule has 2 aliphatic rings. The third kappa shape index (κ3) is 2.30. The second kappa shape index (κ2) is 5.92. The standard InChI is InChI=1S/C18H25NO3/c1-5-12-16(21-3)9-13-14-10-19(2)7-6-11(14)8-15(20)17(13)18(12)22-4/h9,11,14H,5-8,10H2,1-4H3/t11-,14+/m0/s1. The summed E-state index contributed by atoms with van der Waals surface area (Å²) in [5, 5.41) is 0. The largest absolute Gasteiger partial charge is 0.496 e. The molecule has 4 nitrogen and oxygen atoms in total. The molecule has 0 amide bonds. The Bertz CT molecular complexity index is 596. The van der Waals surface area contributed by atoms with E-state index in [0.717, 1.165) is 54.1 Å². The molecule has 0 spiro atoms. The third-order valence-corrected chi connectivity index (χ3v) is 5.24. The number of rotatable bonds is 3. The van der Waals surface area contributed by atoms with Crippen LogP contribution in [0, 0.1) is 5.92 Å². The maximum atomic E-state index is 12.7. The first kappa shape index (κ1) is 15.3. The second-order valence-corrected chi connectivity index (χ2v) is 6.45. The fourth-order valence-corrected chi connectivity index (χ4v) is 4.12. The highest BCUT2D eigenvalue weighted by Crippen LogP contribution is 2.47. The number of carbonyl (C=O) groups excluding carboxylic acids is 1. The van der Waals surface area contributed by atoms with Crippen molar-refractivity contribution in [2.24, 2.45) is 5.92 Å². The zero-order valence-corrected chi connectivity index (χ0v) is 13.9. The molecule has 1 aliphatic carbocycles. The Balaban J connectivity index is 2.19. The molecular formula is C18H25NO3. The summed E-state index contributed by atoms with van der Waals surface area (Å²) in [7, 11) is 5.50. The van der Waals surface area contributed by atoms with E-state index in [0.29, 0.717) is 18.3 Å². The van der Waals surface area contributed by atoms with Gasteiger partial charge in [0.25, 0.3) is 0 Å². The van der Waals surface area contributed by atoms with Crippen LogP contribution in [0.25, 0.3) is 0 Å². The number of hydrogen-bond acceptors (Lipinski definition) is 4. The Morgan fingerprint density at radius 3 is 2.73 bits per heavy atom. The van der Waals surface area contributed by atoms with Crippen molar-refractivity contribution in [2.75, 3.05) is 34.4 Å². The average Bonchev–Trinajstić information content (AvgIpc) is 2.53. The van der Waals surface area contributed by atoms with Gasteiger partial charge in [-0.25, -0.2) is 0 Å². The third-order valence-electron chi connectivity index (χ3n) is 5.24. The first-order valence-corrected chi connectivity index (χ1v) is 8.10. The first-order valence-electron chi connectivity index (χ1n) is 8.10. The SMILES string of the molecule is CCc1c(OC)cc2c(c1OC)C(=O)C[C@@H]1CCN(C)C[C@@H]21. The molecular weight excluding hydrogens is 278 g/mol. The van der Waals surface area contributed by atoms with E-state index in [1.54, 1.807) is 14.2 Å². The monoisotopic (exact) mass is 303 g/mol. The quantitative estimate of drug-likeness (QED) is 0.860. The van der Waals surface area contributed by atoms with Crippen molar-refractivity contribution in [3.8, 4) is 11.5 Å². The molecule has 1 aromatic rings. The Morgan fingerprint density at radius 2 is 2.09 bits per heavy atom. The summed E-state index contributed by atoms with van der Waals surface area (Å²) in [6, 6.07) is 2.09.